The van der Waals surface area contributed by atoms with Crippen molar-refractivity contribution in [2.45, 2.75) is 13.5 Å². The zero-order chi connectivity index (χ0) is 16.1. The Hall–Kier alpha value is -3.02. The Kier molecular flexibility index (Phi) is 4.42. The first-order valence-electron chi connectivity index (χ1n) is 7.33. The first-order chi connectivity index (χ1) is 11.3. The fourth-order valence-electron chi connectivity index (χ4n) is 2.18. The summed E-state index contributed by atoms with van der Waals surface area (Å²) in [6.07, 6.45) is 7.10. The number of hydrogen-bond donors (Lipinski definition) is 0. The maximum absolute atomic E-state index is 11.6. The summed E-state index contributed by atoms with van der Waals surface area (Å²) >= 11 is 0. The molecule has 116 valence electrons. The van der Waals surface area contributed by atoms with Gasteiger partial charge in [0.25, 0.3) is 0 Å². The average molecular weight is 308 g/mol. The van der Waals surface area contributed by atoms with E-state index in [0.29, 0.717) is 12.3 Å². The number of carbonyl (C=O) groups is 1. The molecule has 6 heteroatoms. The van der Waals surface area contributed by atoms with Gasteiger partial charge in [0.05, 0.1) is 18.0 Å². The van der Waals surface area contributed by atoms with Gasteiger partial charge < -0.3 is 4.74 Å². The fraction of sp³-hybridized carbons (Fsp3) is 0.176. The van der Waals surface area contributed by atoms with Crippen LogP contribution in [0.3, 0.4) is 0 Å². The van der Waals surface area contributed by atoms with Crippen LogP contribution in [0.25, 0.3) is 23.2 Å². The van der Waals surface area contributed by atoms with Crippen molar-refractivity contribution >= 4 is 29.2 Å². The standard InChI is InChI=1S/C17H16N4O2/c1-2-23-16(22)12-21-15(9-11-19-21)8-7-14-6-5-13-4-3-10-18-17(13)20-14/h3-11H,2,12H2,1H3/b8-7+. The molecule has 23 heavy (non-hydrogen) atoms. The van der Waals surface area contributed by atoms with Gasteiger partial charge in [-0.05, 0) is 49.4 Å². The minimum absolute atomic E-state index is 0.0905. The summed E-state index contributed by atoms with van der Waals surface area (Å²) in [7, 11) is 0. The van der Waals surface area contributed by atoms with Crippen molar-refractivity contribution < 1.29 is 9.53 Å². The number of nitrogens with zero attached hydrogens (tertiary/aromatic N) is 4. The smallest absolute Gasteiger partial charge is 0.327 e. The van der Waals surface area contributed by atoms with E-state index in [2.05, 4.69) is 15.1 Å². The molecule has 3 aromatic rings. The summed E-state index contributed by atoms with van der Waals surface area (Å²) in [6, 6.07) is 9.58. The van der Waals surface area contributed by atoms with Crippen LogP contribution in [0.15, 0.2) is 42.7 Å². The van der Waals surface area contributed by atoms with Crippen LogP contribution >= 0.6 is 0 Å². The van der Waals surface area contributed by atoms with Gasteiger partial charge in [0, 0.05) is 17.8 Å². The highest BCUT2D eigenvalue weighted by molar-refractivity contribution is 5.77. The van der Waals surface area contributed by atoms with Gasteiger partial charge in [-0.3, -0.25) is 9.48 Å². The lowest BCUT2D eigenvalue weighted by Gasteiger charge is -2.04. The number of esters is 1. The zero-order valence-corrected chi connectivity index (χ0v) is 12.7. The Morgan fingerprint density at radius 2 is 2.13 bits per heavy atom. The van der Waals surface area contributed by atoms with E-state index in [9.17, 15) is 4.79 Å². The van der Waals surface area contributed by atoms with Crippen molar-refractivity contribution in [2.75, 3.05) is 6.61 Å². The molecule has 0 radical (unpaired) electrons. The molecule has 0 amide bonds. The Morgan fingerprint density at radius 3 is 3.00 bits per heavy atom. The van der Waals surface area contributed by atoms with Crippen molar-refractivity contribution in [1.82, 2.24) is 19.7 Å². The third kappa shape index (κ3) is 3.60. The Balaban J connectivity index is 1.79. The van der Waals surface area contributed by atoms with Crippen molar-refractivity contribution in [3.8, 4) is 0 Å². The van der Waals surface area contributed by atoms with E-state index >= 15 is 0 Å². The van der Waals surface area contributed by atoms with E-state index in [1.165, 1.54) is 0 Å². The number of hydrogen-bond acceptors (Lipinski definition) is 5. The van der Waals surface area contributed by atoms with Crippen LogP contribution in [0, 0.1) is 0 Å². The van der Waals surface area contributed by atoms with Gasteiger partial charge in [0.1, 0.15) is 6.54 Å². The van der Waals surface area contributed by atoms with Crippen LogP contribution in [0.2, 0.25) is 0 Å². The Bertz CT molecular complexity index is 854. The molecule has 3 aromatic heterocycles. The van der Waals surface area contributed by atoms with E-state index in [-0.39, 0.29) is 12.5 Å². The number of rotatable bonds is 5. The van der Waals surface area contributed by atoms with Crippen LogP contribution in [0.4, 0.5) is 0 Å². The van der Waals surface area contributed by atoms with Crippen molar-refractivity contribution in [3.63, 3.8) is 0 Å². The third-order valence-electron chi connectivity index (χ3n) is 3.24. The molecule has 0 bridgehead atoms. The van der Waals surface area contributed by atoms with Crippen LogP contribution in [0.5, 0.6) is 0 Å². The Morgan fingerprint density at radius 1 is 1.22 bits per heavy atom. The molecule has 0 saturated heterocycles. The number of aromatic nitrogens is 4. The second kappa shape index (κ2) is 6.83. The van der Waals surface area contributed by atoms with Crippen molar-refractivity contribution in [3.05, 3.63) is 54.1 Å². The molecular weight excluding hydrogens is 292 g/mol. The van der Waals surface area contributed by atoms with Gasteiger partial charge in [-0.15, -0.1) is 0 Å². The van der Waals surface area contributed by atoms with Crippen molar-refractivity contribution in [1.29, 1.82) is 0 Å². The summed E-state index contributed by atoms with van der Waals surface area (Å²) in [5, 5.41) is 5.13. The molecule has 0 spiro atoms. The van der Waals surface area contributed by atoms with Gasteiger partial charge in [0.15, 0.2) is 5.65 Å². The second-order valence-electron chi connectivity index (χ2n) is 4.84. The molecule has 0 aliphatic carbocycles. The fourth-order valence-corrected chi connectivity index (χ4v) is 2.18. The van der Waals surface area contributed by atoms with Gasteiger partial charge in [-0.25, -0.2) is 9.97 Å². The lowest BCUT2D eigenvalue weighted by molar-refractivity contribution is -0.144. The molecule has 0 N–H and O–H groups in total. The highest BCUT2D eigenvalue weighted by Gasteiger charge is 2.06. The summed E-state index contributed by atoms with van der Waals surface area (Å²) in [5.74, 6) is -0.307. The maximum atomic E-state index is 11.6. The van der Waals surface area contributed by atoms with Gasteiger partial charge >= 0.3 is 5.97 Å². The Labute approximate surface area is 133 Å². The average Bonchev–Trinajstić information content (AvgIpc) is 3.00. The molecule has 0 aliphatic heterocycles. The predicted molar refractivity (Wildman–Crippen MR) is 87.3 cm³/mol. The first kappa shape index (κ1) is 14.9. The number of pyridine rings is 2. The van der Waals surface area contributed by atoms with Gasteiger partial charge in [-0.2, -0.15) is 5.10 Å². The summed E-state index contributed by atoms with van der Waals surface area (Å²) < 4.78 is 6.53. The minimum Gasteiger partial charge on any atom is -0.465 e. The maximum Gasteiger partial charge on any atom is 0.327 e. The molecule has 0 fully saturated rings. The molecule has 3 rings (SSSR count). The zero-order valence-electron chi connectivity index (χ0n) is 12.7. The normalized spacial score (nSPS) is 11.2. The second-order valence-corrected chi connectivity index (χ2v) is 4.84. The lowest BCUT2D eigenvalue weighted by Crippen LogP contribution is -2.15. The number of ether oxygens (including phenoxy) is 1. The molecule has 0 saturated carbocycles. The van der Waals surface area contributed by atoms with Gasteiger partial charge in [0.2, 0.25) is 0 Å². The summed E-state index contributed by atoms with van der Waals surface area (Å²) in [5.41, 5.74) is 2.30. The molecule has 0 atom stereocenters. The summed E-state index contributed by atoms with van der Waals surface area (Å²) in [4.78, 5) is 20.3. The lowest BCUT2D eigenvalue weighted by atomic mass is 10.2. The molecule has 3 heterocycles. The van der Waals surface area contributed by atoms with E-state index < -0.39 is 0 Å². The molecule has 0 aromatic carbocycles. The van der Waals surface area contributed by atoms with Crippen LogP contribution in [0.1, 0.15) is 18.3 Å². The third-order valence-corrected chi connectivity index (χ3v) is 3.24. The van der Waals surface area contributed by atoms with Gasteiger partial charge in [-0.1, -0.05) is 0 Å². The van der Waals surface area contributed by atoms with Crippen LogP contribution in [-0.2, 0) is 16.1 Å². The minimum atomic E-state index is -0.307. The SMILES string of the molecule is CCOC(=O)Cn1nccc1/C=C/c1ccc2cccnc2n1. The van der Waals surface area contributed by atoms with Crippen LogP contribution < -0.4 is 0 Å². The topological polar surface area (TPSA) is 69.9 Å². The molecule has 0 unspecified atom stereocenters. The molecular formula is C17H16N4O2. The van der Waals surface area contributed by atoms with E-state index in [4.69, 9.17) is 4.74 Å². The van der Waals surface area contributed by atoms with Crippen molar-refractivity contribution in [2.24, 2.45) is 0 Å². The monoisotopic (exact) mass is 308 g/mol. The first-order valence-corrected chi connectivity index (χ1v) is 7.33. The number of fused-ring (bicyclic) bond motifs is 1. The molecule has 0 aliphatic rings. The number of carbonyl (C=O) groups excluding carboxylic acids is 1. The molecule has 6 nitrogen and oxygen atoms in total. The largest absolute Gasteiger partial charge is 0.465 e. The van der Waals surface area contributed by atoms with Crippen LogP contribution in [-0.4, -0.2) is 32.3 Å². The highest BCUT2D eigenvalue weighted by Crippen LogP contribution is 2.12. The quantitative estimate of drug-likeness (QED) is 0.677. The summed E-state index contributed by atoms with van der Waals surface area (Å²) in [6.45, 7) is 2.23. The predicted octanol–water partition coefficient (Wildman–Crippen LogP) is 2.56. The highest BCUT2D eigenvalue weighted by atomic mass is 16.5. The van der Waals surface area contributed by atoms with E-state index in [0.717, 1.165) is 16.8 Å². The van der Waals surface area contributed by atoms with E-state index in [1.54, 1.807) is 24.0 Å². The van der Waals surface area contributed by atoms with E-state index in [1.807, 2.05) is 42.5 Å².